The number of nitrogens with zero attached hydrogens (tertiary/aromatic N) is 5. The summed E-state index contributed by atoms with van der Waals surface area (Å²) in [7, 11) is 0. The highest BCUT2D eigenvalue weighted by Gasteiger charge is 2.22. The normalized spacial score (nSPS) is 16.6. The number of hydrogen-bond acceptors (Lipinski definition) is 6. The second-order valence-electron chi connectivity index (χ2n) is 6.77. The van der Waals surface area contributed by atoms with E-state index in [1.165, 1.54) is 0 Å². The largest absolute Gasteiger partial charge is 0.353 e. The number of carbonyl (C=O) groups is 1. The molecule has 1 fully saturated rings. The van der Waals surface area contributed by atoms with Gasteiger partial charge in [-0.15, -0.1) is 0 Å². The first-order valence-corrected chi connectivity index (χ1v) is 9.25. The average Bonchev–Trinajstić information content (AvgIpc) is 3.16. The number of aromatic nitrogens is 5. The predicted octanol–water partition coefficient (Wildman–Crippen LogP) is 2.36. The Labute approximate surface area is 162 Å². The third-order valence-electron chi connectivity index (χ3n) is 4.63. The Morgan fingerprint density at radius 1 is 1.25 bits per heavy atom. The second-order valence-corrected chi connectivity index (χ2v) is 6.77. The molecule has 3 aromatic rings. The van der Waals surface area contributed by atoms with Gasteiger partial charge in [0.05, 0.1) is 6.20 Å². The fourth-order valence-electron chi connectivity index (χ4n) is 3.28. The van der Waals surface area contributed by atoms with Gasteiger partial charge in [-0.25, -0.2) is 14.8 Å². The Hall–Kier alpha value is -3.49. The molecule has 28 heavy (non-hydrogen) atoms. The summed E-state index contributed by atoms with van der Waals surface area (Å²) in [4.78, 5) is 27.3. The van der Waals surface area contributed by atoms with Crippen molar-refractivity contribution in [2.75, 3.05) is 23.3 Å². The molecule has 0 unspecified atom stereocenters. The number of anilines is 2. The summed E-state index contributed by atoms with van der Waals surface area (Å²) in [6.45, 7) is 3.49. The topological polar surface area (TPSA) is 112 Å². The number of carbonyl (C=O) groups excluding carboxylic acids is 1. The van der Waals surface area contributed by atoms with Gasteiger partial charge in [0, 0.05) is 42.8 Å². The summed E-state index contributed by atoms with van der Waals surface area (Å²) in [5.41, 5.74) is 1.61. The van der Waals surface area contributed by atoms with Gasteiger partial charge >= 0.3 is 6.03 Å². The van der Waals surface area contributed by atoms with Crippen LogP contribution in [0.25, 0.3) is 11.4 Å². The summed E-state index contributed by atoms with van der Waals surface area (Å²) in [5.74, 6) is 2.24. The van der Waals surface area contributed by atoms with Crippen molar-refractivity contribution in [1.82, 2.24) is 30.5 Å². The van der Waals surface area contributed by atoms with Crippen LogP contribution in [0.1, 0.15) is 18.7 Å². The zero-order chi connectivity index (χ0) is 19.3. The van der Waals surface area contributed by atoms with Crippen molar-refractivity contribution in [3.8, 4) is 11.4 Å². The Balaban J connectivity index is 1.32. The van der Waals surface area contributed by atoms with Crippen molar-refractivity contribution < 1.29 is 4.79 Å². The molecule has 4 rings (SSSR count). The van der Waals surface area contributed by atoms with E-state index in [9.17, 15) is 4.79 Å². The van der Waals surface area contributed by atoms with Crippen molar-refractivity contribution in [1.29, 1.82) is 0 Å². The third kappa shape index (κ3) is 4.25. The standard InChI is InChI=1S/C19H22N8O/c1-13-22-18(26-25-13)14-4-6-15(7-5-14)23-19(28)24-16-3-2-10-27(12-16)17-11-20-8-9-21-17/h4-9,11,16H,2-3,10,12H2,1H3,(H,22,25,26)(H2,23,24,28)/t16-/m0/s1. The number of amides is 2. The van der Waals surface area contributed by atoms with Crippen LogP contribution in [0, 0.1) is 6.92 Å². The summed E-state index contributed by atoms with van der Waals surface area (Å²) in [6.07, 6.45) is 7.02. The fraction of sp³-hybridized carbons (Fsp3) is 0.316. The number of piperidine rings is 1. The minimum atomic E-state index is -0.215. The second kappa shape index (κ2) is 8.03. The van der Waals surface area contributed by atoms with Gasteiger partial charge in [0.1, 0.15) is 11.6 Å². The monoisotopic (exact) mass is 378 g/mol. The highest BCUT2D eigenvalue weighted by molar-refractivity contribution is 5.89. The van der Waals surface area contributed by atoms with Crippen LogP contribution >= 0.6 is 0 Å². The molecule has 3 N–H and O–H groups in total. The summed E-state index contributed by atoms with van der Waals surface area (Å²) >= 11 is 0. The minimum Gasteiger partial charge on any atom is -0.353 e. The van der Waals surface area contributed by atoms with Crippen LogP contribution in [0.2, 0.25) is 0 Å². The quantitative estimate of drug-likeness (QED) is 0.643. The van der Waals surface area contributed by atoms with Gasteiger partial charge < -0.3 is 15.5 Å². The maximum Gasteiger partial charge on any atom is 0.319 e. The van der Waals surface area contributed by atoms with E-state index in [1.807, 2.05) is 31.2 Å². The zero-order valence-electron chi connectivity index (χ0n) is 15.6. The number of H-pyrrole nitrogens is 1. The molecule has 1 aliphatic heterocycles. The molecule has 144 valence electrons. The number of rotatable bonds is 4. The van der Waals surface area contributed by atoms with Crippen LogP contribution in [0.3, 0.4) is 0 Å². The number of urea groups is 1. The van der Waals surface area contributed by atoms with Crippen LogP contribution in [0.15, 0.2) is 42.9 Å². The lowest BCUT2D eigenvalue weighted by Crippen LogP contribution is -2.49. The van der Waals surface area contributed by atoms with E-state index in [0.717, 1.165) is 48.8 Å². The molecule has 2 aromatic heterocycles. The Morgan fingerprint density at radius 2 is 2.11 bits per heavy atom. The minimum absolute atomic E-state index is 0.0614. The van der Waals surface area contributed by atoms with Gasteiger partial charge in [-0.1, -0.05) is 0 Å². The van der Waals surface area contributed by atoms with Crippen molar-refractivity contribution in [2.24, 2.45) is 0 Å². The molecule has 2 amide bonds. The lowest BCUT2D eigenvalue weighted by molar-refractivity contribution is 0.246. The van der Waals surface area contributed by atoms with Crippen molar-refractivity contribution in [3.05, 3.63) is 48.7 Å². The van der Waals surface area contributed by atoms with Gasteiger partial charge in [0.2, 0.25) is 0 Å². The first-order chi connectivity index (χ1) is 13.7. The molecule has 0 saturated carbocycles. The molecular weight excluding hydrogens is 356 g/mol. The Morgan fingerprint density at radius 3 is 2.82 bits per heavy atom. The molecule has 0 radical (unpaired) electrons. The number of nitrogens with one attached hydrogen (secondary N) is 3. The van der Waals surface area contributed by atoms with Crippen molar-refractivity contribution in [2.45, 2.75) is 25.8 Å². The van der Waals surface area contributed by atoms with E-state index in [0.29, 0.717) is 5.82 Å². The highest BCUT2D eigenvalue weighted by Crippen LogP contribution is 2.19. The van der Waals surface area contributed by atoms with E-state index in [4.69, 9.17) is 0 Å². The molecular formula is C19H22N8O. The number of aromatic amines is 1. The van der Waals surface area contributed by atoms with E-state index in [1.54, 1.807) is 18.6 Å². The molecule has 9 nitrogen and oxygen atoms in total. The highest BCUT2D eigenvalue weighted by atomic mass is 16.2. The number of aryl methyl sites for hydroxylation is 1. The first-order valence-electron chi connectivity index (χ1n) is 9.25. The Kier molecular flexibility index (Phi) is 5.14. The van der Waals surface area contributed by atoms with Crippen molar-refractivity contribution in [3.63, 3.8) is 0 Å². The molecule has 0 bridgehead atoms. The molecule has 1 saturated heterocycles. The maximum atomic E-state index is 12.4. The van der Waals surface area contributed by atoms with Crippen LogP contribution in [0.5, 0.6) is 0 Å². The summed E-state index contributed by atoms with van der Waals surface area (Å²) in [5, 5.41) is 12.9. The van der Waals surface area contributed by atoms with Gasteiger partial charge in [-0.05, 0) is 44.0 Å². The lowest BCUT2D eigenvalue weighted by Gasteiger charge is -2.33. The van der Waals surface area contributed by atoms with Gasteiger partial charge in [-0.3, -0.25) is 10.1 Å². The van der Waals surface area contributed by atoms with Gasteiger partial charge in [-0.2, -0.15) is 5.10 Å². The van der Waals surface area contributed by atoms with Gasteiger partial charge in [0.25, 0.3) is 0 Å². The first kappa shape index (κ1) is 17.9. The van der Waals surface area contributed by atoms with Crippen LogP contribution < -0.4 is 15.5 Å². The Bertz CT molecular complexity index is 925. The molecule has 0 spiro atoms. The smallest absolute Gasteiger partial charge is 0.319 e. The molecule has 1 atom stereocenters. The summed E-state index contributed by atoms with van der Waals surface area (Å²) in [6, 6.07) is 7.29. The van der Waals surface area contributed by atoms with E-state index in [-0.39, 0.29) is 12.1 Å². The SMILES string of the molecule is Cc1nc(-c2ccc(NC(=O)N[C@H]3CCCN(c4cnccn4)C3)cc2)n[nH]1. The van der Waals surface area contributed by atoms with Gasteiger partial charge in [0.15, 0.2) is 5.82 Å². The zero-order valence-corrected chi connectivity index (χ0v) is 15.6. The van der Waals surface area contributed by atoms with Crippen LogP contribution in [-0.2, 0) is 0 Å². The third-order valence-corrected chi connectivity index (χ3v) is 4.63. The summed E-state index contributed by atoms with van der Waals surface area (Å²) < 4.78 is 0. The number of hydrogen-bond donors (Lipinski definition) is 3. The number of benzene rings is 1. The molecule has 9 heteroatoms. The predicted molar refractivity (Wildman–Crippen MR) is 106 cm³/mol. The molecule has 0 aliphatic carbocycles. The van der Waals surface area contributed by atoms with E-state index in [2.05, 4.69) is 40.7 Å². The fourth-order valence-corrected chi connectivity index (χ4v) is 3.28. The molecule has 1 aromatic carbocycles. The van der Waals surface area contributed by atoms with E-state index < -0.39 is 0 Å². The lowest BCUT2D eigenvalue weighted by atomic mass is 10.1. The van der Waals surface area contributed by atoms with E-state index >= 15 is 0 Å². The maximum absolute atomic E-state index is 12.4. The van der Waals surface area contributed by atoms with Crippen LogP contribution in [0.4, 0.5) is 16.3 Å². The van der Waals surface area contributed by atoms with Crippen molar-refractivity contribution >= 4 is 17.5 Å². The average molecular weight is 378 g/mol. The van der Waals surface area contributed by atoms with Crippen LogP contribution in [-0.4, -0.2) is 50.3 Å². The molecule has 3 heterocycles. The molecule has 1 aliphatic rings.